The third-order valence-electron chi connectivity index (χ3n) is 6.12. The molecule has 2 unspecified atom stereocenters. The molecule has 2 heterocycles. The summed E-state index contributed by atoms with van der Waals surface area (Å²) >= 11 is 0. The number of hydrogen-bond donors (Lipinski definition) is 3. The fraction of sp³-hybridized carbons (Fsp3) is 0.348. The van der Waals surface area contributed by atoms with Gasteiger partial charge in [-0.2, -0.15) is 5.10 Å². The summed E-state index contributed by atoms with van der Waals surface area (Å²) < 4.78 is 0. The predicted octanol–water partition coefficient (Wildman–Crippen LogP) is 4.26. The first kappa shape index (κ1) is 19.2. The second kappa shape index (κ2) is 7.35. The molecule has 2 aromatic heterocycles. The Kier molecular flexibility index (Phi) is 4.86. The third kappa shape index (κ3) is 3.28. The Morgan fingerprint density at radius 2 is 2.10 bits per heavy atom. The van der Waals surface area contributed by atoms with Gasteiger partial charge in [-0.1, -0.05) is 26.0 Å². The first-order chi connectivity index (χ1) is 13.9. The lowest BCUT2D eigenvalue weighted by Gasteiger charge is -2.41. The van der Waals surface area contributed by atoms with E-state index in [9.17, 15) is 9.90 Å². The Balaban J connectivity index is 1.74. The number of aromatic hydroxyl groups is 1. The molecule has 6 nitrogen and oxygen atoms in total. The monoisotopic (exact) mass is 390 g/mol. The fourth-order valence-corrected chi connectivity index (χ4v) is 4.40. The number of carbonyl (C=O) groups is 1. The zero-order valence-electron chi connectivity index (χ0n) is 16.9. The Labute approximate surface area is 170 Å². The van der Waals surface area contributed by atoms with Crippen molar-refractivity contribution in [3.8, 4) is 5.75 Å². The average Bonchev–Trinajstić information content (AvgIpc) is 3.23. The summed E-state index contributed by atoms with van der Waals surface area (Å²) in [4.78, 5) is 18.1. The molecule has 1 aliphatic carbocycles. The number of phenols is 1. The van der Waals surface area contributed by atoms with Crippen LogP contribution in [-0.2, 0) is 16.6 Å². The van der Waals surface area contributed by atoms with Gasteiger partial charge in [0.2, 0.25) is 5.91 Å². The first-order valence-electron chi connectivity index (χ1n) is 9.98. The summed E-state index contributed by atoms with van der Waals surface area (Å²) in [6.07, 6.45) is 6.80. The van der Waals surface area contributed by atoms with Gasteiger partial charge in [0.25, 0.3) is 0 Å². The normalized spacial score (nSPS) is 21.0. The summed E-state index contributed by atoms with van der Waals surface area (Å²) in [5.74, 6) is 0.402. The van der Waals surface area contributed by atoms with Crippen molar-refractivity contribution in [3.05, 3.63) is 71.3 Å². The molecule has 0 saturated heterocycles. The van der Waals surface area contributed by atoms with Crippen LogP contribution in [0.3, 0.4) is 0 Å². The van der Waals surface area contributed by atoms with E-state index in [0.717, 1.165) is 28.8 Å². The number of anilines is 1. The third-order valence-corrected chi connectivity index (χ3v) is 6.12. The molecule has 0 spiro atoms. The topological polar surface area (TPSA) is 90.9 Å². The lowest BCUT2D eigenvalue weighted by atomic mass is 9.62. The number of pyridine rings is 1. The van der Waals surface area contributed by atoms with Crippen molar-refractivity contribution in [2.24, 2.45) is 0 Å². The van der Waals surface area contributed by atoms with E-state index < -0.39 is 5.41 Å². The summed E-state index contributed by atoms with van der Waals surface area (Å²) in [7, 11) is 0. The van der Waals surface area contributed by atoms with E-state index in [0.29, 0.717) is 18.0 Å². The number of benzene rings is 1. The number of carbonyl (C=O) groups excluding carboxylic acids is 1. The molecule has 1 amide bonds. The van der Waals surface area contributed by atoms with E-state index in [2.05, 4.69) is 34.3 Å². The SMILES string of the molecule is CC(C)c1ccc(NC(=O)C2(C)c3cccc(O)c3CCC2c2cn[nH]c2)cn1. The van der Waals surface area contributed by atoms with Crippen molar-refractivity contribution in [1.82, 2.24) is 15.2 Å². The zero-order chi connectivity index (χ0) is 20.6. The van der Waals surface area contributed by atoms with Gasteiger partial charge >= 0.3 is 0 Å². The summed E-state index contributed by atoms with van der Waals surface area (Å²) in [6, 6.07) is 9.26. The second-order valence-corrected chi connectivity index (χ2v) is 8.21. The second-order valence-electron chi connectivity index (χ2n) is 8.21. The van der Waals surface area contributed by atoms with E-state index >= 15 is 0 Å². The first-order valence-corrected chi connectivity index (χ1v) is 9.98. The van der Waals surface area contributed by atoms with Crippen LogP contribution in [0.1, 0.15) is 61.4 Å². The summed E-state index contributed by atoms with van der Waals surface area (Å²) in [6.45, 7) is 6.12. The van der Waals surface area contributed by atoms with Crippen molar-refractivity contribution in [2.75, 3.05) is 5.32 Å². The number of hydrogen-bond acceptors (Lipinski definition) is 4. The van der Waals surface area contributed by atoms with Crippen molar-refractivity contribution < 1.29 is 9.90 Å². The molecule has 0 bridgehead atoms. The van der Waals surface area contributed by atoms with Crippen LogP contribution in [0.2, 0.25) is 0 Å². The van der Waals surface area contributed by atoms with Gasteiger partial charge in [0, 0.05) is 17.8 Å². The maximum absolute atomic E-state index is 13.6. The lowest BCUT2D eigenvalue weighted by molar-refractivity contribution is -0.122. The Hall–Kier alpha value is -3.15. The maximum Gasteiger partial charge on any atom is 0.235 e. The molecule has 0 aliphatic heterocycles. The number of aromatic nitrogens is 3. The molecule has 3 N–H and O–H groups in total. The highest BCUT2D eigenvalue weighted by molar-refractivity contribution is 6.00. The van der Waals surface area contributed by atoms with Gasteiger partial charge in [-0.3, -0.25) is 14.9 Å². The van der Waals surface area contributed by atoms with Crippen LogP contribution in [0.25, 0.3) is 0 Å². The van der Waals surface area contributed by atoms with Crippen LogP contribution in [0.5, 0.6) is 5.75 Å². The molecule has 6 heteroatoms. The Morgan fingerprint density at radius 1 is 1.28 bits per heavy atom. The minimum atomic E-state index is -0.854. The van der Waals surface area contributed by atoms with Gasteiger partial charge < -0.3 is 10.4 Å². The summed E-state index contributed by atoms with van der Waals surface area (Å²) in [5.41, 5.74) is 3.49. The number of phenolic OH excluding ortho intramolecular Hbond substituents is 1. The number of rotatable bonds is 4. The van der Waals surface area contributed by atoms with Crippen LogP contribution >= 0.6 is 0 Å². The molecular formula is C23H26N4O2. The van der Waals surface area contributed by atoms with Gasteiger partial charge in [-0.25, -0.2) is 0 Å². The average molecular weight is 390 g/mol. The lowest BCUT2D eigenvalue weighted by Crippen LogP contribution is -2.45. The minimum Gasteiger partial charge on any atom is -0.508 e. The van der Waals surface area contributed by atoms with E-state index in [1.54, 1.807) is 24.5 Å². The highest BCUT2D eigenvalue weighted by atomic mass is 16.3. The van der Waals surface area contributed by atoms with Gasteiger partial charge in [0.15, 0.2) is 0 Å². The molecule has 0 saturated carbocycles. The van der Waals surface area contributed by atoms with Crippen LogP contribution in [0.4, 0.5) is 5.69 Å². The van der Waals surface area contributed by atoms with E-state index in [1.165, 1.54) is 0 Å². The van der Waals surface area contributed by atoms with E-state index in [-0.39, 0.29) is 17.6 Å². The molecule has 1 aromatic carbocycles. The van der Waals surface area contributed by atoms with Gasteiger partial charge in [0.1, 0.15) is 5.75 Å². The zero-order valence-corrected chi connectivity index (χ0v) is 16.9. The molecule has 0 fully saturated rings. The van der Waals surface area contributed by atoms with Gasteiger partial charge in [0.05, 0.1) is 23.5 Å². The number of nitrogens with one attached hydrogen (secondary N) is 2. The Bertz CT molecular complexity index is 1010. The molecule has 1 aliphatic rings. The molecular weight excluding hydrogens is 364 g/mol. The van der Waals surface area contributed by atoms with Crippen molar-refractivity contribution in [3.63, 3.8) is 0 Å². The van der Waals surface area contributed by atoms with Crippen LogP contribution in [0.15, 0.2) is 48.9 Å². The van der Waals surface area contributed by atoms with Crippen LogP contribution in [0, 0.1) is 0 Å². The van der Waals surface area contributed by atoms with Crippen LogP contribution < -0.4 is 5.32 Å². The standard InChI is InChI=1S/C23H26N4O2/c1-14(2)20-10-7-16(13-24-20)27-22(29)23(3)18(15-11-25-26-12-15)9-8-17-19(23)5-4-6-21(17)28/h4-7,10-14,18,28H,8-9H2,1-3H3,(H,25,26)(H,27,29). The molecule has 0 radical (unpaired) electrons. The molecule has 150 valence electrons. The van der Waals surface area contributed by atoms with E-state index in [1.807, 2.05) is 31.3 Å². The summed E-state index contributed by atoms with van der Waals surface area (Å²) in [5, 5.41) is 20.4. The molecule has 29 heavy (non-hydrogen) atoms. The highest BCUT2D eigenvalue weighted by Gasteiger charge is 2.48. The van der Waals surface area contributed by atoms with Crippen molar-refractivity contribution in [1.29, 1.82) is 0 Å². The number of H-pyrrole nitrogens is 1. The number of fused-ring (bicyclic) bond motifs is 1. The molecule has 2 atom stereocenters. The fourth-order valence-electron chi connectivity index (χ4n) is 4.40. The number of aromatic amines is 1. The van der Waals surface area contributed by atoms with Gasteiger partial charge in [-0.05, 0) is 60.6 Å². The molecule has 3 aromatic rings. The number of nitrogens with zero attached hydrogens (tertiary/aromatic N) is 2. The maximum atomic E-state index is 13.6. The largest absolute Gasteiger partial charge is 0.508 e. The highest BCUT2D eigenvalue weighted by Crippen LogP contribution is 2.49. The van der Waals surface area contributed by atoms with Crippen molar-refractivity contribution in [2.45, 2.75) is 50.9 Å². The molecule has 4 rings (SSSR count). The Morgan fingerprint density at radius 3 is 2.76 bits per heavy atom. The minimum absolute atomic E-state index is 0.0570. The quantitative estimate of drug-likeness (QED) is 0.621. The predicted molar refractivity (Wildman–Crippen MR) is 112 cm³/mol. The smallest absolute Gasteiger partial charge is 0.235 e. The van der Waals surface area contributed by atoms with Gasteiger partial charge in [-0.15, -0.1) is 0 Å². The van der Waals surface area contributed by atoms with Crippen molar-refractivity contribution >= 4 is 11.6 Å². The van der Waals surface area contributed by atoms with Crippen LogP contribution in [-0.4, -0.2) is 26.2 Å². The number of amides is 1. The van der Waals surface area contributed by atoms with E-state index in [4.69, 9.17) is 0 Å².